The zero-order valence-electron chi connectivity index (χ0n) is 20.9. The first-order valence-corrected chi connectivity index (χ1v) is 13.6. The minimum atomic E-state index is 0.00801. The van der Waals surface area contributed by atoms with Gasteiger partial charge in [0.2, 0.25) is 5.91 Å². The van der Waals surface area contributed by atoms with Crippen LogP contribution in [0.1, 0.15) is 17.0 Å². The maximum Gasteiger partial charge on any atom is 0.238 e. The van der Waals surface area contributed by atoms with Crippen LogP contribution in [0.25, 0.3) is 17.1 Å². The van der Waals surface area contributed by atoms with E-state index in [9.17, 15) is 4.79 Å². The molecule has 1 N–H and O–H groups in total. The molecule has 0 atom stereocenters. The van der Waals surface area contributed by atoms with Gasteiger partial charge in [-0.25, -0.2) is 0 Å². The summed E-state index contributed by atoms with van der Waals surface area (Å²) in [6.07, 6.45) is 1.64. The van der Waals surface area contributed by atoms with Gasteiger partial charge in [-0.1, -0.05) is 47.5 Å². The summed E-state index contributed by atoms with van der Waals surface area (Å²) in [5.74, 6) is 1.71. The highest BCUT2D eigenvalue weighted by molar-refractivity contribution is 6.31. The van der Waals surface area contributed by atoms with Gasteiger partial charge in [0.15, 0.2) is 5.82 Å². The molecule has 9 heteroatoms. The molecular weight excluding hydrogens is 519 g/mol. The number of hydrogen-bond donors (Lipinski definition) is 1. The van der Waals surface area contributed by atoms with E-state index < -0.39 is 0 Å². The fraction of sp³-hybridized carbons (Fsp3) is 0.276. The number of amides is 1. The van der Waals surface area contributed by atoms with Crippen LogP contribution < -0.4 is 5.32 Å². The van der Waals surface area contributed by atoms with Crippen molar-refractivity contribution in [1.82, 2.24) is 24.6 Å². The largest absolute Gasteiger partial charge is 0.325 e. The van der Waals surface area contributed by atoms with Crippen molar-refractivity contribution >= 4 is 34.8 Å². The van der Waals surface area contributed by atoms with Crippen LogP contribution in [-0.4, -0.2) is 63.2 Å². The molecular formula is C29H28Cl2N6O. The van der Waals surface area contributed by atoms with Gasteiger partial charge >= 0.3 is 0 Å². The van der Waals surface area contributed by atoms with E-state index in [0.717, 1.165) is 84.7 Å². The fourth-order valence-electron chi connectivity index (χ4n) is 5.28. The number of carbonyl (C=O) groups is 1. The number of benzene rings is 3. The molecule has 0 aliphatic carbocycles. The van der Waals surface area contributed by atoms with Gasteiger partial charge in [-0.2, -0.15) is 0 Å². The number of hydrogen-bond acceptors (Lipinski definition) is 5. The smallest absolute Gasteiger partial charge is 0.238 e. The quantitative estimate of drug-likeness (QED) is 0.364. The molecule has 0 unspecified atom stereocenters. The molecule has 1 amide bonds. The molecule has 1 saturated heterocycles. The van der Waals surface area contributed by atoms with Crippen LogP contribution in [0.5, 0.6) is 0 Å². The maximum atomic E-state index is 12.9. The van der Waals surface area contributed by atoms with Crippen molar-refractivity contribution in [2.45, 2.75) is 19.4 Å². The molecule has 1 aromatic heterocycles. The molecule has 2 aliphatic heterocycles. The maximum absolute atomic E-state index is 12.9. The van der Waals surface area contributed by atoms with Gasteiger partial charge in [-0.05, 0) is 60.0 Å². The first-order chi connectivity index (χ1) is 18.5. The van der Waals surface area contributed by atoms with Crippen LogP contribution in [0.15, 0.2) is 66.7 Å². The minimum absolute atomic E-state index is 0.00801. The van der Waals surface area contributed by atoms with E-state index in [4.69, 9.17) is 23.2 Å². The van der Waals surface area contributed by atoms with Crippen molar-refractivity contribution in [3.05, 3.63) is 93.7 Å². The van der Waals surface area contributed by atoms with Gasteiger partial charge in [0.25, 0.3) is 0 Å². The molecule has 3 aromatic carbocycles. The highest BCUT2D eigenvalue weighted by atomic mass is 35.5. The number of nitrogens with one attached hydrogen (secondary N) is 1. The normalized spacial score (nSPS) is 15.6. The lowest BCUT2D eigenvalue weighted by molar-refractivity contribution is -0.117. The van der Waals surface area contributed by atoms with Crippen LogP contribution in [0.4, 0.5) is 5.69 Å². The number of rotatable bonds is 6. The average molecular weight is 547 g/mol. The van der Waals surface area contributed by atoms with Gasteiger partial charge in [-0.15, -0.1) is 10.2 Å². The van der Waals surface area contributed by atoms with Crippen molar-refractivity contribution in [1.29, 1.82) is 0 Å². The number of carbonyl (C=O) groups excluding carboxylic acids is 1. The van der Waals surface area contributed by atoms with E-state index in [1.807, 2.05) is 54.6 Å². The first-order valence-electron chi connectivity index (χ1n) is 12.8. The van der Waals surface area contributed by atoms with Crippen molar-refractivity contribution in [3.63, 3.8) is 0 Å². The summed E-state index contributed by atoms with van der Waals surface area (Å²) in [5, 5.41) is 13.4. The molecule has 194 valence electrons. The number of fused-ring (bicyclic) bond motifs is 3. The van der Waals surface area contributed by atoms with Crippen LogP contribution in [0.2, 0.25) is 10.0 Å². The van der Waals surface area contributed by atoms with E-state index in [1.165, 1.54) is 5.56 Å². The molecule has 38 heavy (non-hydrogen) atoms. The Morgan fingerprint density at radius 1 is 0.842 bits per heavy atom. The summed E-state index contributed by atoms with van der Waals surface area (Å²) in [5.41, 5.74) is 5.16. The topological polar surface area (TPSA) is 66.3 Å². The van der Waals surface area contributed by atoms with Gasteiger partial charge < -0.3 is 5.32 Å². The molecule has 0 saturated carbocycles. The highest BCUT2D eigenvalue weighted by Gasteiger charge is 2.23. The van der Waals surface area contributed by atoms with E-state index in [2.05, 4.69) is 42.0 Å². The van der Waals surface area contributed by atoms with Gasteiger partial charge in [0.1, 0.15) is 5.82 Å². The van der Waals surface area contributed by atoms with Crippen molar-refractivity contribution in [2.75, 3.05) is 38.0 Å². The minimum Gasteiger partial charge on any atom is -0.325 e. The van der Waals surface area contributed by atoms with E-state index in [-0.39, 0.29) is 5.91 Å². The Hall–Kier alpha value is -3.23. The summed E-state index contributed by atoms with van der Waals surface area (Å²) in [6.45, 7) is 4.84. The third-order valence-corrected chi connectivity index (χ3v) is 7.63. The number of nitrogens with zero attached hydrogens (tertiary/aromatic N) is 5. The average Bonchev–Trinajstić information content (AvgIpc) is 3.34. The van der Waals surface area contributed by atoms with Gasteiger partial charge in [0.05, 0.1) is 12.2 Å². The molecule has 1 fully saturated rings. The Morgan fingerprint density at radius 3 is 2.39 bits per heavy atom. The molecule has 0 spiro atoms. The molecule has 4 aromatic rings. The van der Waals surface area contributed by atoms with Gasteiger partial charge in [-0.3, -0.25) is 19.2 Å². The fourth-order valence-corrected chi connectivity index (χ4v) is 5.68. The van der Waals surface area contributed by atoms with Gasteiger partial charge in [0, 0.05) is 60.4 Å². The van der Waals surface area contributed by atoms with Crippen molar-refractivity contribution in [3.8, 4) is 17.1 Å². The second-order valence-corrected chi connectivity index (χ2v) is 10.7. The Bertz CT molecular complexity index is 1480. The number of halogens is 2. The van der Waals surface area contributed by atoms with E-state index >= 15 is 0 Å². The number of anilines is 1. The van der Waals surface area contributed by atoms with Crippen LogP contribution >= 0.6 is 23.2 Å². The Labute approximate surface area is 232 Å². The molecule has 3 heterocycles. The lowest BCUT2D eigenvalue weighted by Crippen LogP contribution is -2.48. The summed E-state index contributed by atoms with van der Waals surface area (Å²) in [7, 11) is 0. The third kappa shape index (κ3) is 5.47. The summed E-state index contributed by atoms with van der Waals surface area (Å²) < 4.78 is 2.10. The molecule has 7 nitrogen and oxygen atoms in total. The standard InChI is InChI=1S/C29H28Cl2N6O/c30-23-5-1-3-20(15-23)18-35-11-13-36(14-12-35)19-28(38)32-25-8-9-26-21(17-25)7-10-27-33-34-29(37(26)27)22-4-2-6-24(31)16-22/h1-6,8-9,15-17H,7,10-14,18-19H2,(H,32,38). The monoisotopic (exact) mass is 546 g/mol. The molecule has 0 radical (unpaired) electrons. The highest BCUT2D eigenvalue weighted by Crippen LogP contribution is 2.32. The third-order valence-electron chi connectivity index (χ3n) is 7.16. The Morgan fingerprint density at radius 2 is 1.61 bits per heavy atom. The SMILES string of the molecule is O=C(CN1CCN(Cc2cccc(Cl)c2)CC1)Nc1ccc2c(c1)CCc1nnc(-c3cccc(Cl)c3)n1-2. The molecule has 0 bridgehead atoms. The van der Waals surface area contributed by atoms with Crippen molar-refractivity contribution in [2.24, 2.45) is 0 Å². The summed E-state index contributed by atoms with van der Waals surface area (Å²) in [4.78, 5) is 17.5. The number of piperazine rings is 1. The van der Waals surface area contributed by atoms with Crippen LogP contribution in [0.3, 0.4) is 0 Å². The number of aromatic nitrogens is 3. The molecule has 2 aliphatic rings. The van der Waals surface area contributed by atoms with Crippen LogP contribution in [-0.2, 0) is 24.2 Å². The Kier molecular flexibility index (Phi) is 7.17. The lowest BCUT2D eigenvalue weighted by Gasteiger charge is -2.34. The second-order valence-electron chi connectivity index (χ2n) is 9.86. The summed E-state index contributed by atoms with van der Waals surface area (Å²) in [6, 6.07) is 21.7. The number of aryl methyl sites for hydroxylation is 2. The zero-order valence-corrected chi connectivity index (χ0v) is 22.4. The van der Waals surface area contributed by atoms with Crippen molar-refractivity contribution < 1.29 is 4.79 Å². The zero-order chi connectivity index (χ0) is 26.1. The first kappa shape index (κ1) is 25.1. The van der Waals surface area contributed by atoms with E-state index in [1.54, 1.807) is 0 Å². The predicted octanol–water partition coefficient (Wildman–Crippen LogP) is 5.10. The van der Waals surface area contributed by atoms with Crippen LogP contribution in [0, 0.1) is 0 Å². The summed E-state index contributed by atoms with van der Waals surface area (Å²) >= 11 is 12.3. The lowest BCUT2D eigenvalue weighted by atomic mass is 10.0. The second kappa shape index (κ2) is 10.9. The van der Waals surface area contributed by atoms with E-state index in [0.29, 0.717) is 11.6 Å². The Balaban J connectivity index is 1.08. The molecule has 6 rings (SSSR count). The predicted molar refractivity (Wildman–Crippen MR) is 151 cm³/mol.